The maximum absolute atomic E-state index is 11.5. The van der Waals surface area contributed by atoms with Crippen LogP contribution >= 0.6 is 0 Å². The van der Waals surface area contributed by atoms with Crippen LogP contribution in [0.5, 0.6) is 0 Å². The Bertz CT molecular complexity index is 504. The minimum Gasteiger partial charge on any atom is -0.461 e. The van der Waals surface area contributed by atoms with Crippen molar-refractivity contribution in [3.05, 3.63) is 29.8 Å². The number of rotatable bonds is 2. The van der Waals surface area contributed by atoms with E-state index >= 15 is 0 Å². The van der Waals surface area contributed by atoms with Crippen molar-refractivity contribution in [1.82, 2.24) is 14.4 Å². The van der Waals surface area contributed by atoms with E-state index in [0.29, 0.717) is 18.1 Å². The van der Waals surface area contributed by atoms with Gasteiger partial charge in [0, 0.05) is 12.4 Å². The van der Waals surface area contributed by atoms with E-state index in [1.165, 1.54) is 6.20 Å². The maximum Gasteiger partial charge on any atom is 0.357 e. The van der Waals surface area contributed by atoms with Gasteiger partial charge < -0.3 is 4.74 Å². The predicted molar refractivity (Wildman–Crippen MR) is 53.7 cm³/mol. The lowest BCUT2D eigenvalue weighted by Crippen LogP contribution is -2.08. The molecule has 0 bridgehead atoms. The summed E-state index contributed by atoms with van der Waals surface area (Å²) in [6.07, 6.45) is 4.98. The van der Waals surface area contributed by atoms with Gasteiger partial charge in [-0.1, -0.05) is 0 Å². The van der Waals surface area contributed by atoms with E-state index in [2.05, 4.69) is 9.97 Å². The van der Waals surface area contributed by atoms with E-state index in [0.717, 1.165) is 5.56 Å². The number of aryl methyl sites for hydroxylation is 1. The second-order valence-electron chi connectivity index (χ2n) is 3.17. The molecule has 0 aliphatic heterocycles. The van der Waals surface area contributed by atoms with Crippen molar-refractivity contribution < 1.29 is 9.53 Å². The fraction of sp³-hybridized carbons (Fsp3) is 0.300. The van der Waals surface area contributed by atoms with Gasteiger partial charge in [0.25, 0.3) is 0 Å². The van der Waals surface area contributed by atoms with Crippen molar-refractivity contribution in [1.29, 1.82) is 0 Å². The molecule has 0 N–H and O–H groups in total. The second kappa shape index (κ2) is 3.68. The Morgan fingerprint density at radius 1 is 1.47 bits per heavy atom. The number of imidazole rings is 1. The summed E-state index contributed by atoms with van der Waals surface area (Å²) < 4.78 is 6.54. The monoisotopic (exact) mass is 205 g/mol. The normalized spacial score (nSPS) is 10.5. The SMILES string of the molecule is CCOC(=O)c1cnc2ncc(C)cn12. The number of carbonyl (C=O) groups excluding carboxylic acids is 1. The third-order valence-electron chi connectivity index (χ3n) is 1.98. The van der Waals surface area contributed by atoms with Crippen LogP contribution in [0.15, 0.2) is 18.6 Å². The highest BCUT2D eigenvalue weighted by Crippen LogP contribution is 2.07. The molecule has 0 aromatic carbocycles. The molecule has 0 fully saturated rings. The molecule has 2 aromatic heterocycles. The van der Waals surface area contributed by atoms with Crippen LogP contribution in [0.4, 0.5) is 0 Å². The van der Waals surface area contributed by atoms with Crippen LogP contribution in [0.2, 0.25) is 0 Å². The van der Waals surface area contributed by atoms with E-state index in [4.69, 9.17) is 4.74 Å². The largest absolute Gasteiger partial charge is 0.461 e. The summed E-state index contributed by atoms with van der Waals surface area (Å²) in [6, 6.07) is 0. The average molecular weight is 205 g/mol. The third kappa shape index (κ3) is 1.68. The van der Waals surface area contributed by atoms with Crippen LogP contribution in [0.25, 0.3) is 5.78 Å². The first-order valence-electron chi connectivity index (χ1n) is 4.69. The molecule has 15 heavy (non-hydrogen) atoms. The minimum atomic E-state index is -0.377. The van der Waals surface area contributed by atoms with Gasteiger partial charge >= 0.3 is 5.97 Å². The summed E-state index contributed by atoms with van der Waals surface area (Å²) in [4.78, 5) is 19.6. The van der Waals surface area contributed by atoms with Crippen molar-refractivity contribution in [2.45, 2.75) is 13.8 Å². The van der Waals surface area contributed by atoms with Gasteiger partial charge in [-0.2, -0.15) is 0 Å². The molecule has 5 nitrogen and oxygen atoms in total. The third-order valence-corrected chi connectivity index (χ3v) is 1.98. The lowest BCUT2D eigenvalue weighted by Gasteiger charge is -2.01. The van der Waals surface area contributed by atoms with Gasteiger partial charge in [0.05, 0.1) is 12.8 Å². The van der Waals surface area contributed by atoms with Gasteiger partial charge in [-0.25, -0.2) is 14.8 Å². The van der Waals surface area contributed by atoms with Crippen LogP contribution in [-0.4, -0.2) is 26.9 Å². The van der Waals surface area contributed by atoms with Crippen LogP contribution in [0, 0.1) is 6.92 Å². The van der Waals surface area contributed by atoms with Crippen LogP contribution in [0.3, 0.4) is 0 Å². The molecule has 0 amide bonds. The molecule has 0 spiro atoms. The summed E-state index contributed by atoms with van der Waals surface area (Å²) in [5.74, 6) is 0.126. The molecule has 0 aliphatic carbocycles. The van der Waals surface area contributed by atoms with Crippen LogP contribution in [-0.2, 0) is 4.74 Å². The molecular weight excluding hydrogens is 194 g/mol. The number of nitrogens with zero attached hydrogens (tertiary/aromatic N) is 3. The quantitative estimate of drug-likeness (QED) is 0.691. The summed E-state index contributed by atoms with van der Waals surface area (Å²) >= 11 is 0. The number of hydrogen-bond acceptors (Lipinski definition) is 4. The second-order valence-corrected chi connectivity index (χ2v) is 3.17. The van der Waals surface area contributed by atoms with E-state index in [9.17, 15) is 4.79 Å². The zero-order chi connectivity index (χ0) is 10.8. The molecule has 0 atom stereocenters. The topological polar surface area (TPSA) is 56.5 Å². The minimum absolute atomic E-state index is 0.352. The molecule has 78 valence electrons. The molecule has 2 rings (SSSR count). The molecule has 2 aromatic rings. The fourth-order valence-electron chi connectivity index (χ4n) is 1.33. The van der Waals surface area contributed by atoms with Crippen molar-refractivity contribution in [3.63, 3.8) is 0 Å². The zero-order valence-corrected chi connectivity index (χ0v) is 8.60. The molecule has 0 saturated heterocycles. The van der Waals surface area contributed by atoms with E-state index in [1.807, 2.05) is 13.1 Å². The summed E-state index contributed by atoms with van der Waals surface area (Å²) in [5, 5.41) is 0. The van der Waals surface area contributed by atoms with Gasteiger partial charge in [0.15, 0.2) is 5.69 Å². The van der Waals surface area contributed by atoms with Crippen molar-refractivity contribution in [2.24, 2.45) is 0 Å². The predicted octanol–water partition coefficient (Wildman–Crippen LogP) is 1.21. The van der Waals surface area contributed by atoms with Gasteiger partial charge in [-0.05, 0) is 19.4 Å². The Labute approximate surface area is 86.7 Å². The van der Waals surface area contributed by atoms with Crippen molar-refractivity contribution >= 4 is 11.7 Å². The molecule has 0 unspecified atom stereocenters. The fourth-order valence-corrected chi connectivity index (χ4v) is 1.33. The van der Waals surface area contributed by atoms with Crippen molar-refractivity contribution in [2.75, 3.05) is 6.61 Å². The van der Waals surface area contributed by atoms with Crippen molar-refractivity contribution in [3.8, 4) is 0 Å². The number of fused-ring (bicyclic) bond motifs is 1. The van der Waals surface area contributed by atoms with Gasteiger partial charge in [0.2, 0.25) is 5.78 Å². The van der Waals surface area contributed by atoms with Crippen LogP contribution in [0.1, 0.15) is 23.0 Å². The summed E-state index contributed by atoms with van der Waals surface area (Å²) in [5.41, 5.74) is 1.37. The Hall–Kier alpha value is -1.91. The number of hydrogen-bond donors (Lipinski definition) is 0. The molecule has 0 radical (unpaired) electrons. The van der Waals surface area contributed by atoms with Gasteiger partial charge in [-0.3, -0.25) is 4.40 Å². The Balaban J connectivity index is 2.52. The average Bonchev–Trinajstić information content (AvgIpc) is 2.60. The molecule has 0 aliphatic rings. The lowest BCUT2D eigenvalue weighted by atomic mass is 10.4. The number of aromatic nitrogens is 3. The maximum atomic E-state index is 11.5. The highest BCUT2D eigenvalue weighted by atomic mass is 16.5. The Morgan fingerprint density at radius 2 is 2.20 bits per heavy atom. The smallest absolute Gasteiger partial charge is 0.357 e. The first-order valence-corrected chi connectivity index (χ1v) is 4.69. The lowest BCUT2D eigenvalue weighted by molar-refractivity contribution is 0.0518. The number of esters is 1. The highest BCUT2D eigenvalue weighted by Gasteiger charge is 2.13. The van der Waals surface area contributed by atoms with Gasteiger partial charge in [0.1, 0.15) is 0 Å². The molecular formula is C10H11N3O2. The first-order chi connectivity index (χ1) is 7.22. The first kappa shape index (κ1) is 9.64. The van der Waals surface area contributed by atoms with E-state index in [1.54, 1.807) is 17.5 Å². The Kier molecular flexibility index (Phi) is 2.37. The van der Waals surface area contributed by atoms with Gasteiger partial charge in [-0.15, -0.1) is 0 Å². The van der Waals surface area contributed by atoms with E-state index < -0.39 is 0 Å². The van der Waals surface area contributed by atoms with Crippen LogP contribution < -0.4 is 0 Å². The molecule has 0 saturated carbocycles. The number of ether oxygens (including phenoxy) is 1. The highest BCUT2D eigenvalue weighted by molar-refractivity contribution is 5.88. The molecule has 5 heteroatoms. The summed E-state index contributed by atoms with van der Waals surface area (Å²) in [6.45, 7) is 4.03. The van der Waals surface area contributed by atoms with E-state index in [-0.39, 0.29) is 5.97 Å². The molecule has 2 heterocycles. The zero-order valence-electron chi connectivity index (χ0n) is 8.60. The Morgan fingerprint density at radius 3 is 2.93 bits per heavy atom. The number of carbonyl (C=O) groups is 1. The summed E-state index contributed by atoms with van der Waals surface area (Å²) in [7, 11) is 0. The standard InChI is InChI=1S/C10H11N3O2/c1-3-15-9(14)8-5-12-10-11-4-7(2)6-13(8)10/h4-6H,3H2,1-2H3.